The fourth-order valence-corrected chi connectivity index (χ4v) is 2.30. The summed E-state index contributed by atoms with van der Waals surface area (Å²) in [6.07, 6.45) is 0. The standard InChI is InChI=1S/C18H18N2O3/c1-10(2)18-20-14-9-12(5-7-16(14)23-18)19-17(22)13-6-4-11(3)8-15(13)21/h4-10,21H,1-3H3,(H,19,22). The molecule has 0 saturated heterocycles. The Hall–Kier alpha value is -2.82. The van der Waals surface area contributed by atoms with E-state index in [-0.39, 0.29) is 23.1 Å². The van der Waals surface area contributed by atoms with E-state index in [4.69, 9.17) is 4.42 Å². The summed E-state index contributed by atoms with van der Waals surface area (Å²) in [5.41, 5.74) is 3.11. The zero-order valence-electron chi connectivity index (χ0n) is 13.3. The first-order chi connectivity index (χ1) is 10.9. The van der Waals surface area contributed by atoms with Crippen LogP contribution in [0.5, 0.6) is 5.75 Å². The molecule has 118 valence electrons. The van der Waals surface area contributed by atoms with Gasteiger partial charge in [-0.05, 0) is 42.8 Å². The minimum Gasteiger partial charge on any atom is -0.507 e. The van der Waals surface area contributed by atoms with Gasteiger partial charge < -0.3 is 14.8 Å². The molecule has 0 aliphatic carbocycles. The highest BCUT2D eigenvalue weighted by Gasteiger charge is 2.13. The summed E-state index contributed by atoms with van der Waals surface area (Å²) in [7, 11) is 0. The monoisotopic (exact) mass is 310 g/mol. The predicted octanol–water partition coefficient (Wildman–Crippen LogP) is 4.22. The average molecular weight is 310 g/mol. The second-order valence-electron chi connectivity index (χ2n) is 5.86. The lowest BCUT2D eigenvalue weighted by molar-refractivity contribution is 0.102. The number of amides is 1. The van der Waals surface area contributed by atoms with Crippen molar-refractivity contribution in [1.29, 1.82) is 0 Å². The van der Waals surface area contributed by atoms with Crippen molar-refractivity contribution >= 4 is 22.7 Å². The van der Waals surface area contributed by atoms with Gasteiger partial charge in [0.25, 0.3) is 5.91 Å². The van der Waals surface area contributed by atoms with Crippen LogP contribution in [0.1, 0.15) is 41.6 Å². The van der Waals surface area contributed by atoms with E-state index >= 15 is 0 Å². The van der Waals surface area contributed by atoms with Crippen molar-refractivity contribution in [3.63, 3.8) is 0 Å². The van der Waals surface area contributed by atoms with Crippen LogP contribution in [0.2, 0.25) is 0 Å². The fourth-order valence-electron chi connectivity index (χ4n) is 2.30. The van der Waals surface area contributed by atoms with Crippen molar-refractivity contribution in [2.24, 2.45) is 0 Å². The summed E-state index contributed by atoms with van der Waals surface area (Å²) in [6, 6.07) is 10.2. The molecule has 3 aromatic rings. The van der Waals surface area contributed by atoms with Gasteiger partial charge in [0.2, 0.25) is 0 Å². The van der Waals surface area contributed by atoms with Crippen LogP contribution < -0.4 is 5.32 Å². The van der Waals surface area contributed by atoms with E-state index in [1.54, 1.807) is 36.4 Å². The van der Waals surface area contributed by atoms with Crippen LogP contribution in [-0.4, -0.2) is 16.0 Å². The third kappa shape index (κ3) is 3.04. The number of carbonyl (C=O) groups is 1. The van der Waals surface area contributed by atoms with Gasteiger partial charge in [0.05, 0.1) is 5.56 Å². The summed E-state index contributed by atoms with van der Waals surface area (Å²) < 4.78 is 5.64. The molecule has 3 rings (SSSR count). The van der Waals surface area contributed by atoms with Crippen LogP contribution in [0.15, 0.2) is 40.8 Å². The van der Waals surface area contributed by atoms with Crippen molar-refractivity contribution in [3.8, 4) is 5.75 Å². The lowest BCUT2D eigenvalue weighted by Gasteiger charge is -2.07. The molecule has 0 atom stereocenters. The number of nitrogens with zero attached hydrogens (tertiary/aromatic N) is 1. The minimum absolute atomic E-state index is 0.0351. The number of carbonyl (C=O) groups excluding carboxylic acids is 1. The molecular weight excluding hydrogens is 292 g/mol. The Balaban J connectivity index is 1.87. The number of rotatable bonds is 3. The Morgan fingerprint density at radius 3 is 2.70 bits per heavy atom. The van der Waals surface area contributed by atoms with E-state index < -0.39 is 0 Å². The number of aromatic nitrogens is 1. The van der Waals surface area contributed by atoms with Crippen LogP contribution in [0.3, 0.4) is 0 Å². The number of aromatic hydroxyl groups is 1. The molecule has 0 aliphatic heterocycles. The molecule has 0 radical (unpaired) electrons. The summed E-state index contributed by atoms with van der Waals surface area (Å²) in [6.45, 7) is 5.87. The van der Waals surface area contributed by atoms with Gasteiger partial charge in [-0.15, -0.1) is 0 Å². The molecule has 1 aromatic heterocycles. The quantitative estimate of drug-likeness (QED) is 0.759. The fraction of sp³-hybridized carbons (Fsp3) is 0.222. The second kappa shape index (κ2) is 5.76. The van der Waals surface area contributed by atoms with E-state index in [0.717, 1.165) is 5.56 Å². The van der Waals surface area contributed by atoms with Gasteiger partial charge in [0.15, 0.2) is 11.5 Å². The topological polar surface area (TPSA) is 75.4 Å². The summed E-state index contributed by atoms with van der Waals surface area (Å²) >= 11 is 0. The first-order valence-corrected chi connectivity index (χ1v) is 7.45. The van der Waals surface area contributed by atoms with Gasteiger partial charge in [-0.1, -0.05) is 19.9 Å². The molecule has 23 heavy (non-hydrogen) atoms. The smallest absolute Gasteiger partial charge is 0.259 e. The number of anilines is 1. The largest absolute Gasteiger partial charge is 0.507 e. The maximum Gasteiger partial charge on any atom is 0.259 e. The van der Waals surface area contributed by atoms with Crippen molar-refractivity contribution < 1.29 is 14.3 Å². The normalized spacial score (nSPS) is 11.1. The van der Waals surface area contributed by atoms with Crippen LogP contribution >= 0.6 is 0 Å². The van der Waals surface area contributed by atoms with Crippen LogP contribution in [0.25, 0.3) is 11.1 Å². The number of benzene rings is 2. The van der Waals surface area contributed by atoms with E-state index in [2.05, 4.69) is 10.3 Å². The highest BCUT2D eigenvalue weighted by molar-refractivity contribution is 6.06. The van der Waals surface area contributed by atoms with Gasteiger partial charge in [0.1, 0.15) is 11.3 Å². The molecule has 0 saturated carbocycles. The number of hydrogen-bond donors (Lipinski definition) is 2. The molecule has 0 bridgehead atoms. The molecule has 5 heteroatoms. The van der Waals surface area contributed by atoms with E-state index in [1.807, 2.05) is 20.8 Å². The Kier molecular flexibility index (Phi) is 3.78. The van der Waals surface area contributed by atoms with E-state index in [9.17, 15) is 9.90 Å². The number of fused-ring (bicyclic) bond motifs is 1. The molecule has 0 unspecified atom stereocenters. The van der Waals surface area contributed by atoms with Gasteiger partial charge in [0, 0.05) is 11.6 Å². The van der Waals surface area contributed by atoms with Crippen molar-refractivity contribution in [2.75, 3.05) is 5.32 Å². The molecule has 1 amide bonds. The van der Waals surface area contributed by atoms with Crippen molar-refractivity contribution in [1.82, 2.24) is 4.98 Å². The first kappa shape index (κ1) is 15.1. The van der Waals surface area contributed by atoms with Gasteiger partial charge in [-0.3, -0.25) is 4.79 Å². The van der Waals surface area contributed by atoms with Crippen LogP contribution in [0.4, 0.5) is 5.69 Å². The number of phenols is 1. The zero-order chi connectivity index (χ0) is 16.6. The predicted molar refractivity (Wildman–Crippen MR) is 88.9 cm³/mol. The van der Waals surface area contributed by atoms with Crippen LogP contribution in [0, 0.1) is 6.92 Å². The molecule has 0 aliphatic rings. The Bertz CT molecular complexity index is 881. The number of phenolic OH excluding ortho intramolecular Hbond substituents is 1. The summed E-state index contributed by atoms with van der Waals surface area (Å²) in [5.74, 6) is 0.464. The molecule has 1 heterocycles. The van der Waals surface area contributed by atoms with E-state index in [0.29, 0.717) is 22.7 Å². The second-order valence-corrected chi connectivity index (χ2v) is 5.86. The highest BCUT2D eigenvalue weighted by atomic mass is 16.3. The molecular formula is C18H18N2O3. The lowest BCUT2D eigenvalue weighted by atomic mass is 10.1. The summed E-state index contributed by atoms with van der Waals surface area (Å²) in [4.78, 5) is 16.7. The molecule has 5 nitrogen and oxygen atoms in total. The number of hydrogen-bond acceptors (Lipinski definition) is 4. The average Bonchev–Trinajstić information content (AvgIpc) is 2.90. The maximum atomic E-state index is 12.3. The SMILES string of the molecule is Cc1ccc(C(=O)Nc2ccc3oc(C(C)C)nc3c2)c(O)c1. The van der Waals surface area contributed by atoms with Crippen molar-refractivity contribution in [2.45, 2.75) is 26.7 Å². The third-order valence-corrected chi connectivity index (χ3v) is 3.55. The first-order valence-electron chi connectivity index (χ1n) is 7.45. The molecule has 0 fully saturated rings. The van der Waals surface area contributed by atoms with Gasteiger partial charge in [-0.25, -0.2) is 4.98 Å². The number of nitrogens with one attached hydrogen (secondary N) is 1. The minimum atomic E-state index is -0.366. The third-order valence-electron chi connectivity index (χ3n) is 3.55. The lowest BCUT2D eigenvalue weighted by Crippen LogP contribution is -2.12. The number of aryl methyl sites for hydroxylation is 1. The Labute approximate surface area is 134 Å². The maximum absolute atomic E-state index is 12.3. The zero-order valence-corrected chi connectivity index (χ0v) is 13.3. The number of oxazole rings is 1. The molecule has 2 N–H and O–H groups in total. The van der Waals surface area contributed by atoms with Crippen LogP contribution in [-0.2, 0) is 0 Å². The Morgan fingerprint density at radius 1 is 1.22 bits per heavy atom. The summed E-state index contributed by atoms with van der Waals surface area (Å²) in [5, 5.41) is 12.7. The van der Waals surface area contributed by atoms with Crippen molar-refractivity contribution in [3.05, 3.63) is 53.4 Å². The molecule has 0 spiro atoms. The van der Waals surface area contributed by atoms with Gasteiger partial charge in [-0.2, -0.15) is 0 Å². The van der Waals surface area contributed by atoms with Gasteiger partial charge >= 0.3 is 0 Å². The highest BCUT2D eigenvalue weighted by Crippen LogP contribution is 2.25. The van der Waals surface area contributed by atoms with E-state index in [1.165, 1.54) is 0 Å². The molecule has 2 aromatic carbocycles. The Morgan fingerprint density at radius 2 is 2.00 bits per heavy atom.